The summed E-state index contributed by atoms with van der Waals surface area (Å²) in [5, 5.41) is 11.7. The summed E-state index contributed by atoms with van der Waals surface area (Å²) in [6.45, 7) is 11.5. The van der Waals surface area contributed by atoms with Gasteiger partial charge in [0, 0.05) is 25.0 Å². The number of nitrogens with one attached hydrogen (secondary N) is 1. The third-order valence-corrected chi connectivity index (χ3v) is 4.89. The van der Waals surface area contributed by atoms with E-state index in [0.717, 1.165) is 24.1 Å². The van der Waals surface area contributed by atoms with Gasteiger partial charge in [-0.15, -0.1) is 19.7 Å². The second-order valence-electron chi connectivity index (χ2n) is 7.03. The molecule has 0 saturated carbocycles. The van der Waals surface area contributed by atoms with Crippen molar-refractivity contribution in [1.82, 2.24) is 15.3 Å². The smallest absolute Gasteiger partial charge is 0.289 e. The number of hydrogen-bond acceptors (Lipinski definition) is 6. The zero-order valence-electron chi connectivity index (χ0n) is 18.4. The number of aromatic nitrogens is 2. The maximum absolute atomic E-state index is 12.8. The first kappa shape index (κ1) is 24.3. The van der Waals surface area contributed by atoms with Gasteiger partial charge in [-0.25, -0.2) is 9.97 Å². The fourth-order valence-corrected chi connectivity index (χ4v) is 3.15. The molecule has 3 rings (SSSR count). The number of ether oxygens (including phenoxy) is 1. The van der Waals surface area contributed by atoms with Gasteiger partial charge in [-0.1, -0.05) is 6.08 Å². The summed E-state index contributed by atoms with van der Waals surface area (Å²) in [5.74, 6) is -0.444. The number of hydrogen-bond donors (Lipinski definition) is 1. The van der Waals surface area contributed by atoms with Gasteiger partial charge in [0.1, 0.15) is 18.4 Å². The molecule has 1 atom stereocenters. The summed E-state index contributed by atoms with van der Waals surface area (Å²) in [4.78, 5) is 35.5. The van der Waals surface area contributed by atoms with Gasteiger partial charge in [0.05, 0.1) is 17.3 Å². The minimum Gasteiger partial charge on any atom is -0.489 e. The van der Waals surface area contributed by atoms with Crippen LogP contribution in [0, 0.1) is 18.3 Å². The molecule has 32 heavy (non-hydrogen) atoms. The van der Waals surface area contributed by atoms with Gasteiger partial charge in [-0.3, -0.25) is 9.59 Å². The summed E-state index contributed by atoms with van der Waals surface area (Å²) in [7, 11) is 1.60. The van der Waals surface area contributed by atoms with Crippen LogP contribution >= 0.6 is 0 Å². The molecule has 1 aliphatic heterocycles. The Hall–Kier alpha value is -3.99. The SMILES string of the molecule is C=C.C=CCCCc1nc(C(=O)N[C@H]2COc3cc(C#N)ccc3N(C)C2=O)ncc1C. The van der Waals surface area contributed by atoms with Crippen LogP contribution in [-0.2, 0) is 11.2 Å². The van der Waals surface area contributed by atoms with Crippen LogP contribution in [0.3, 0.4) is 0 Å². The Morgan fingerprint density at radius 3 is 2.88 bits per heavy atom. The third kappa shape index (κ3) is 5.58. The number of amides is 2. The highest BCUT2D eigenvalue weighted by atomic mass is 16.5. The highest BCUT2D eigenvalue weighted by Crippen LogP contribution is 2.31. The molecule has 0 spiro atoms. The van der Waals surface area contributed by atoms with Crippen molar-refractivity contribution in [1.29, 1.82) is 5.26 Å². The van der Waals surface area contributed by atoms with Crippen LogP contribution in [0.2, 0.25) is 0 Å². The normalized spacial score (nSPS) is 14.6. The molecule has 8 nitrogen and oxygen atoms in total. The van der Waals surface area contributed by atoms with E-state index in [-0.39, 0.29) is 18.3 Å². The number of benzene rings is 1. The summed E-state index contributed by atoms with van der Waals surface area (Å²) in [5.41, 5.74) is 2.67. The van der Waals surface area contributed by atoms with Crippen molar-refractivity contribution < 1.29 is 14.3 Å². The molecule has 0 saturated heterocycles. The number of rotatable bonds is 6. The van der Waals surface area contributed by atoms with Gasteiger partial charge in [0.2, 0.25) is 5.82 Å². The second-order valence-corrected chi connectivity index (χ2v) is 7.03. The van der Waals surface area contributed by atoms with Crippen LogP contribution in [0.15, 0.2) is 50.2 Å². The lowest BCUT2D eigenvalue weighted by Gasteiger charge is -2.20. The van der Waals surface area contributed by atoms with Crippen LogP contribution < -0.4 is 15.0 Å². The molecule has 1 aromatic carbocycles. The number of likely N-dealkylation sites (N-methyl/N-ethyl adjacent to an activating group) is 1. The van der Waals surface area contributed by atoms with Gasteiger partial charge >= 0.3 is 0 Å². The summed E-state index contributed by atoms with van der Waals surface area (Å²) < 4.78 is 5.71. The summed E-state index contributed by atoms with van der Waals surface area (Å²) in [6.07, 6.45) is 5.91. The molecule has 0 aliphatic carbocycles. The molecule has 0 unspecified atom stereocenters. The fraction of sp³-hybridized carbons (Fsp3) is 0.292. The minimum atomic E-state index is -0.908. The van der Waals surface area contributed by atoms with Crippen molar-refractivity contribution in [3.05, 3.63) is 72.9 Å². The lowest BCUT2D eigenvalue weighted by Crippen LogP contribution is -2.49. The summed E-state index contributed by atoms with van der Waals surface area (Å²) >= 11 is 0. The molecular formula is C24H27N5O3. The molecule has 166 valence electrons. The average Bonchev–Trinajstić information content (AvgIpc) is 2.93. The van der Waals surface area contributed by atoms with Gasteiger partial charge < -0.3 is 15.0 Å². The van der Waals surface area contributed by atoms with E-state index in [4.69, 9.17) is 10.00 Å². The lowest BCUT2D eigenvalue weighted by atomic mass is 10.1. The van der Waals surface area contributed by atoms with Crippen molar-refractivity contribution >= 4 is 17.5 Å². The van der Waals surface area contributed by atoms with Crippen molar-refractivity contribution in [3.63, 3.8) is 0 Å². The van der Waals surface area contributed by atoms with E-state index < -0.39 is 11.9 Å². The Bertz CT molecular complexity index is 1040. The molecule has 2 amide bonds. The van der Waals surface area contributed by atoms with E-state index in [1.165, 1.54) is 4.90 Å². The molecule has 2 aromatic rings. The number of carbonyl (C=O) groups excluding carboxylic acids is 2. The van der Waals surface area contributed by atoms with E-state index in [0.29, 0.717) is 23.4 Å². The zero-order valence-corrected chi connectivity index (χ0v) is 18.4. The topological polar surface area (TPSA) is 108 Å². The highest BCUT2D eigenvalue weighted by molar-refractivity contribution is 6.02. The molecule has 0 radical (unpaired) electrons. The zero-order chi connectivity index (χ0) is 23.7. The maximum atomic E-state index is 12.8. The largest absolute Gasteiger partial charge is 0.489 e. The lowest BCUT2D eigenvalue weighted by molar-refractivity contribution is -0.120. The van der Waals surface area contributed by atoms with E-state index in [9.17, 15) is 9.59 Å². The van der Waals surface area contributed by atoms with Crippen molar-refractivity contribution in [2.45, 2.75) is 32.2 Å². The van der Waals surface area contributed by atoms with Crippen molar-refractivity contribution in [3.8, 4) is 11.8 Å². The Kier molecular flexibility index (Phi) is 8.66. The predicted octanol–water partition coefficient (Wildman–Crippen LogP) is 3.12. The number of nitrogens with zero attached hydrogens (tertiary/aromatic N) is 4. The van der Waals surface area contributed by atoms with Crippen molar-refractivity contribution in [2.75, 3.05) is 18.6 Å². The minimum absolute atomic E-state index is 0.0122. The number of fused-ring (bicyclic) bond motifs is 1. The highest BCUT2D eigenvalue weighted by Gasteiger charge is 2.31. The average molecular weight is 434 g/mol. The van der Waals surface area contributed by atoms with Crippen LogP contribution in [0.4, 0.5) is 5.69 Å². The first-order chi connectivity index (χ1) is 15.4. The first-order valence-electron chi connectivity index (χ1n) is 10.1. The number of aryl methyl sites for hydroxylation is 2. The standard InChI is InChI=1S/C22H23N5O3.C2H4/c1-4-5-6-7-16-14(2)12-24-20(25-16)21(28)26-17-13-30-19-10-15(11-23)8-9-18(19)27(3)22(17)29;1-2/h4,8-10,12,17H,1,5-7,13H2,2-3H3,(H,26,28);1-2H2/t17-;/m0./s1. The summed E-state index contributed by atoms with van der Waals surface area (Å²) in [6, 6.07) is 5.96. The molecule has 1 aromatic heterocycles. The van der Waals surface area contributed by atoms with Crippen LogP contribution in [0.25, 0.3) is 0 Å². The van der Waals surface area contributed by atoms with Crippen LogP contribution in [0.1, 0.15) is 40.3 Å². The quantitative estimate of drug-likeness (QED) is 0.554. The molecule has 1 aliphatic rings. The van der Waals surface area contributed by atoms with Crippen molar-refractivity contribution in [2.24, 2.45) is 0 Å². The second kappa shape index (κ2) is 11.4. The fourth-order valence-electron chi connectivity index (χ4n) is 3.15. The Morgan fingerprint density at radius 2 is 2.19 bits per heavy atom. The maximum Gasteiger partial charge on any atom is 0.289 e. The Morgan fingerprint density at radius 1 is 1.44 bits per heavy atom. The van der Waals surface area contributed by atoms with E-state index >= 15 is 0 Å². The van der Waals surface area contributed by atoms with Crippen LogP contribution in [0.5, 0.6) is 5.75 Å². The molecule has 8 heteroatoms. The third-order valence-electron chi connectivity index (χ3n) is 4.89. The Balaban J connectivity index is 0.00000176. The number of carbonyl (C=O) groups is 2. The van der Waals surface area contributed by atoms with E-state index in [1.54, 1.807) is 31.4 Å². The molecule has 1 N–H and O–H groups in total. The van der Waals surface area contributed by atoms with Gasteiger partial charge in [-0.2, -0.15) is 5.26 Å². The number of allylic oxidation sites excluding steroid dienone is 1. The van der Waals surface area contributed by atoms with E-state index in [1.807, 2.05) is 19.1 Å². The van der Waals surface area contributed by atoms with Gasteiger partial charge in [0.15, 0.2) is 0 Å². The Labute approximate surface area is 188 Å². The molecular weight excluding hydrogens is 406 g/mol. The first-order valence-corrected chi connectivity index (χ1v) is 10.1. The monoisotopic (exact) mass is 433 g/mol. The van der Waals surface area contributed by atoms with Gasteiger partial charge in [0.25, 0.3) is 11.8 Å². The van der Waals surface area contributed by atoms with E-state index in [2.05, 4.69) is 35.0 Å². The number of unbranched alkanes of at least 4 members (excludes halogenated alkanes) is 1. The van der Waals surface area contributed by atoms with Gasteiger partial charge in [-0.05, 0) is 43.9 Å². The predicted molar refractivity (Wildman–Crippen MR) is 122 cm³/mol. The molecule has 0 fully saturated rings. The van der Waals surface area contributed by atoms with Crippen LogP contribution in [-0.4, -0.2) is 41.5 Å². The number of nitriles is 1. The number of anilines is 1. The molecule has 2 heterocycles. The molecule has 0 bridgehead atoms.